The molecule has 154 valence electrons. The zero-order valence-corrected chi connectivity index (χ0v) is 16.8. The van der Waals surface area contributed by atoms with E-state index < -0.39 is 6.23 Å². The maximum absolute atomic E-state index is 12.6. The van der Waals surface area contributed by atoms with Crippen LogP contribution in [0.25, 0.3) is 10.9 Å². The third-order valence-corrected chi connectivity index (χ3v) is 4.79. The van der Waals surface area contributed by atoms with Crippen molar-refractivity contribution in [1.29, 1.82) is 0 Å². The fourth-order valence-electron chi connectivity index (χ4n) is 3.08. The van der Waals surface area contributed by atoms with Gasteiger partial charge >= 0.3 is 6.03 Å². The average Bonchev–Trinajstić information content (AvgIpc) is 3.20. The fraction of sp³-hybridized carbons (Fsp3) is 0.217. The summed E-state index contributed by atoms with van der Waals surface area (Å²) in [5.74, 6) is 5.03. The highest BCUT2D eigenvalue weighted by Crippen LogP contribution is 2.27. The molecule has 0 bridgehead atoms. The molecule has 5 N–H and O–H groups in total. The van der Waals surface area contributed by atoms with Gasteiger partial charge in [-0.1, -0.05) is 43.0 Å². The zero-order valence-electron chi connectivity index (χ0n) is 16.8. The number of para-hydroxylation sites is 1. The Hall–Kier alpha value is -3.76. The Balaban J connectivity index is 1.65. The number of aromatic amines is 1. The van der Waals surface area contributed by atoms with Crippen LogP contribution in [0.3, 0.4) is 0 Å². The molecule has 1 aromatic heterocycles. The normalized spacial score (nSPS) is 12.4. The van der Waals surface area contributed by atoms with Gasteiger partial charge in [0.1, 0.15) is 6.23 Å². The predicted octanol–water partition coefficient (Wildman–Crippen LogP) is 2.30. The summed E-state index contributed by atoms with van der Waals surface area (Å²) in [6.45, 7) is 2.05. The smallest absolute Gasteiger partial charge is 0.315 e. The lowest BCUT2D eigenvalue weighted by Gasteiger charge is -2.20. The molecule has 3 rings (SSSR count). The fourth-order valence-corrected chi connectivity index (χ4v) is 3.08. The van der Waals surface area contributed by atoms with E-state index >= 15 is 0 Å². The summed E-state index contributed by atoms with van der Waals surface area (Å²) in [7, 11) is 1.53. The quantitative estimate of drug-likeness (QED) is 0.333. The Bertz CT molecular complexity index is 1110. The van der Waals surface area contributed by atoms with E-state index in [2.05, 4.69) is 32.8 Å². The van der Waals surface area contributed by atoms with E-state index in [0.717, 1.165) is 16.5 Å². The van der Waals surface area contributed by atoms with Gasteiger partial charge in [0.05, 0.1) is 6.54 Å². The number of nitrogens with one attached hydrogen (secondary N) is 4. The lowest BCUT2D eigenvalue weighted by molar-refractivity contribution is 0.0728. The number of H-pyrrole nitrogens is 1. The summed E-state index contributed by atoms with van der Waals surface area (Å²) in [6, 6.07) is 14.3. The van der Waals surface area contributed by atoms with Gasteiger partial charge in [0.15, 0.2) is 0 Å². The van der Waals surface area contributed by atoms with Crippen molar-refractivity contribution in [2.45, 2.75) is 19.1 Å². The van der Waals surface area contributed by atoms with Crippen molar-refractivity contribution in [3.63, 3.8) is 0 Å². The number of carbonyl (C=O) groups is 2. The molecule has 0 saturated heterocycles. The number of aromatic nitrogens is 1. The van der Waals surface area contributed by atoms with E-state index in [-0.39, 0.29) is 24.4 Å². The first kappa shape index (κ1) is 21.0. The van der Waals surface area contributed by atoms with Crippen LogP contribution in [0.4, 0.5) is 4.79 Å². The van der Waals surface area contributed by atoms with Crippen LogP contribution >= 0.6 is 0 Å². The lowest BCUT2D eigenvalue weighted by Crippen LogP contribution is -2.38. The monoisotopic (exact) mass is 404 g/mol. The van der Waals surface area contributed by atoms with E-state index in [9.17, 15) is 14.7 Å². The average molecular weight is 404 g/mol. The van der Waals surface area contributed by atoms with Crippen LogP contribution in [-0.2, 0) is 0 Å². The summed E-state index contributed by atoms with van der Waals surface area (Å²) < 4.78 is 0. The van der Waals surface area contributed by atoms with Crippen molar-refractivity contribution in [3.8, 4) is 11.8 Å². The highest BCUT2D eigenvalue weighted by molar-refractivity contribution is 5.94. The first-order valence-electron chi connectivity index (χ1n) is 9.59. The summed E-state index contributed by atoms with van der Waals surface area (Å²) in [4.78, 5) is 26.9. The molecule has 0 fully saturated rings. The van der Waals surface area contributed by atoms with Crippen molar-refractivity contribution < 1.29 is 14.7 Å². The number of aliphatic hydroxyl groups excluding tert-OH is 1. The minimum Gasteiger partial charge on any atom is -0.373 e. The van der Waals surface area contributed by atoms with Crippen LogP contribution in [0.2, 0.25) is 0 Å². The topological polar surface area (TPSA) is 106 Å². The predicted molar refractivity (Wildman–Crippen MR) is 116 cm³/mol. The number of carbonyl (C=O) groups excluding carboxylic acids is 2. The first-order chi connectivity index (χ1) is 14.5. The molecule has 30 heavy (non-hydrogen) atoms. The molecule has 0 aliphatic heterocycles. The number of rotatable bonds is 5. The summed E-state index contributed by atoms with van der Waals surface area (Å²) in [5, 5.41) is 19.3. The summed E-state index contributed by atoms with van der Waals surface area (Å²) >= 11 is 0. The standard InChI is InChI=1S/C23H24N4O3/c1-15(19-14-26-20-11-4-3-10-18(19)20)21(28)27-22(29)17-9-5-7-16(13-17)8-6-12-25-23(30)24-2/h3-5,7,9-11,13-15,21,26,28H,12H2,1-2H3,(H,27,29)(H2,24,25,30)/t15?,21-/m1/s1. The number of aliphatic hydroxyl groups is 1. The molecule has 0 aliphatic rings. The van der Waals surface area contributed by atoms with Gasteiger partial charge in [-0.05, 0) is 29.8 Å². The van der Waals surface area contributed by atoms with Crippen LogP contribution in [0.1, 0.15) is 34.3 Å². The van der Waals surface area contributed by atoms with Gasteiger partial charge in [0.2, 0.25) is 0 Å². The molecule has 0 spiro atoms. The maximum Gasteiger partial charge on any atom is 0.315 e. The van der Waals surface area contributed by atoms with E-state index in [1.807, 2.05) is 37.4 Å². The van der Waals surface area contributed by atoms with Crippen LogP contribution in [0.15, 0.2) is 54.7 Å². The molecule has 0 radical (unpaired) electrons. The van der Waals surface area contributed by atoms with E-state index in [1.54, 1.807) is 24.3 Å². The number of hydrogen-bond donors (Lipinski definition) is 5. The van der Waals surface area contributed by atoms with Gasteiger partial charge in [0, 0.05) is 41.2 Å². The number of urea groups is 1. The third kappa shape index (κ3) is 4.99. The second kappa shape index (κ2) is 9.63. The Morgan fingerprint density at radius 1 is 1.17 bits per heavy atom. The number of hydrogen-bond acceptors (Lipinski definition) is 3. The first-order valence-corrected chi connectivity index (χ1v) is 9.59. The van der Waals surface area contributed by atoms with Crippen molar-refractivity contribution >= 4 is 22.8 Å². The summed E-state index contributed by atoms with van der Waals surface area (Å²) in [5.41, 5.74) is 2.95. The zero-order chi connectivity index (χ0) is 21.5. The Labute approximate surface area is 174 Å². The van der Waals surface area contributed by atoms with E-state index in [4.69, 9.17) is 0 Å². The highest BCUT2D eigenvalue weighted by atomic mass is 16.3. The minimum absolute atomic E-state index is 0.191. The van der Waals surface area contributed by atoms with Crippen LogP contribution in [0, 0.1) is 11.8 Å². The van der Waals surface area contributed by atoms with Gasteiger partial charge in [-0.15, -0.1) is 0 Å². The molecule has 3 aromatic rings. The molecule has 7 nitrogen and oxygen atoms in total. The van der Waals surface area contributed by atoms with Crippen LogP contribution < -0.4 is 16.0 Å². The number of amides is 3. The molecule has 7 heteroatoms. The second-order valence-corrected chi connectivity index (χ2v) is 6.81. The van der Waals surface area contributed by atoms with Crippen LogP contribution in [-0.4, -0.2) is 41.8 Å². The molecule has 0 saturated carbocycles. The van der Waals surface area contributed by atoms with Crippen molar-refractivity contribution in [3.05, 3.63) is 71.4 Å². The Kier molecular flexibility index (Phi) is 6.73. The number of fused-ring (bicyclic) bond motifs is 1. The van der Waals surface area contributed by atoms with Crippen molar-refractivity contribution in [1.82, 2.24) is 20.9 Å². The molecule has 2 aromatic carbocycles. The largest absolute Gasteiger partial charge is 0.373 e. The lowest BCUT2D eigenvalue weighted by atomic mass is 9.98. The third-order valence-electron chi connectivity index (χ3n) is 4.79. The minimum atomic E-state index is -1.05. The molecular formula is C23H24N4O3. The van der Waals surface area contributed by atoms with E-state index in [1.165, 1.54) is 7.05 Å². The molecular weight excluding hydrogens is 380 g/mol. The second-order valence-electron chi connectivity index (χ2n) is 6.81. The molecule has 3 amide bonds. The van der Waals surface area contributed by atoms with Gasteiger partial charge in [-0.3, -0.25) is 4.79 Å². The Morgan fingerprint density at radius 2 is 1.97 bits per heavy atom. The molecule has 1 heterocycles. The Morgan fingerprint density at radius 3 is 2.77 bits per heavy atom. The molecule has 2 atom stereocenters. The van der Waals surface area contributed by atoms with Gasteiger partial charge < -0.3 is 26.0 Å². The van der Waals surface area contributed by atoms with Crippen molar-refractivity contribution in [2.75, 3.05) is 13.6 Å². The van der Waals surface area contributed by atoms with E-state index in [0.29, 0.717) is 11.1 Å². The SMILES string of the molecule is CNC(=O)NCC#Cc1cccc(C(=O)N[C@H](O)C(C)c2c[nH]c3ccccc23)c1. The van der Waals surface area contributed by atoms with Crippen molar-refractivity contribution in [2.24, 2.45) is 0 Å². The van der Waals surface area contributed by atoms with Gasteiger partial charge in [-0.2, -0.15) is 0 Å². The summed E-state index contributed by atoms with van der Waals surface area (Å²) in [6.07, 6.45) is 0.802. The maximum atomic E-state index is 12.6. The highest BCUT2D eigenvalue weighted by Gasteiger charge is 2.21. The van der Waals surface area contributed by atoms with Gasteiger partial charge in [-0.25, -0.2) is 4.79 Å². The number of benzene rings is 2. The molecule has 1 unspecified atom stereocenters. The van der Waals surface area contributed by atoms with Gasteiger partial charge in [0.25, 0.3) is 5.91 Å². The molecule has 0 aliphatic carbocycles. The van der Waals surface area contributed by atoms with Crippen LogP contribution in [0.5, 0.6) is 0 Å².